The minimum absolute atomic E-state index is 0.743. The SMILES string of the molecule is c1cn(CCCN(CC2CC2)CC2CCCN2)cn1. The van der Waals surface area contributed by atoms with Crippen molar-refractivity contribution in [1.29, 1.82) is 0 Å². The minimum Gasteiger partial charge on any atom is -0.337 e. The molecule has 1 N–H and O–H groups in total. The smallest absolute Gasteiger partial charge is 0.0945 e. The molecule has 0 amide bonds. The van der Waals surface area contributed by atoms with Crippen LogP contribution in [0.15, 0.2) is 18.7 Å². The Morgan fingerprint density at radius 3 is 2.89 bits per heavy atom. The Labute approximate surface area is 116 Å². The second-order valence-corrected chi connectivity index (χ2v) is 6.15. The molecule has 4 heteroatoms. The van der Waals surface area contributed by atoms with Gasteiger partial charge in [0.2, 0.25) is 0 Å². The number of rotatable bonds is 8. The average Bonchev–Trinajstić information content (AvgIpc) is 2.90. The average molecular weight is 262 g/mol. The molecule has 1 unspecified atom stereocenters. The van der Waals surface area contributed by atoms with Gasteiger partial charge in [0, 0.05) is 38.1 Å². The van der Waals surface area contributed by atoms with Crippen LogP contribution in [-0.4, -0.2) is 46.7 Å². The zero-order valence-electron chi connectivity index (χ0n) is 11.8. The standard InChI is InChI=1S/C15H26N4/c1-3-15(17-6-1)12-19(11-14-4-5-14)9-2-8-18-10-7-16-13-18/h7,10,13-15,17H,1-6,8-9,11-12H2. The van der Waals surface area contributed by atoms with E-state index in [1.807, 2.05) is 12.5 Å². The Morgan fingerprint density at radius 2 is 2.21 bits per heavy atom. The molecule has 1 saturated heterocycles. The third-order valence-corrected chi connectivity index (χ3v) is 4.30. The van der Waals surface area contributed by atoms with E-state index in [1.54, 1.807) is 0 Å². The van der Waals surface area contributed by atoms with Gasteiger partial charge in [-0.1, -0.05) is 0 Å². The molecule has 1 aliphatic carbocycles. The van der Waals surface area contributed by atoms with Crippen molar-refractivity contribution in [3.63, 3.8) is 0 Å². The summed E-state index contributed by atoms with van der Waals surface area (Å²) in [5, 5.41) is 3.63. The molecule has 1 aliphatic heterocycles. The molecule has 2 heterocycles. The molecule has 106 valence electrons. The minimum atomic E-state index is 0.743. The van der Waals surface area contributed by atoms with Crippen molar-refractivity contribution in [3.8, 4) is 0 Å². The van der Waals surface area contributed by atoms with E-state index in [0.717, 1.165) is 18.5 Å². The summed E-state index contributed by atoms with van der Waals surface area (Å²) in [7, 11) is 0. The van der Waals surface area contributed by atoms with Gasteiger partial charge < -0.3 is 14.8 Å². The molecule has 1 saturated carbocycles. The van der Waals surface area contributed by atoms with Gasteiger partial charge in [-0.3, -0.25) is 0 Å². The van der Waals surface area contributed by atoms with Gasteiger partial charge in [0.1, 0.15) is 0 Å². The molecule has 3 rings (SSSR count). The predicted molar refractivity (Wildman–Crippen MR) is 77.0 cm³/mol. The van der Waals surface area contributed by atoms with Gasteiger partial charge in [0.15, 0.2) is 0 Å². The first-order valence-electron chi connectivity index (χ1n) is 7.81. The van der Waals surface area contributed by atoms with Crippen LogP contribution in [0.3, 0.4) is 0 Å². The highest BCUT2D eigenvalue weighted by atomic mass is 15.2. The molecular weight excluding hydrogens is 236 g/mol. The second kappa shape index (κ2) is 6.53. The maximum absolute atomic E-state index is 4.10. The Kier molecular flexibility index (Phi) is 4.51. The maximum atomic E-state index is 4.10. The summed E-state index contributed by atoms with van der Waals surface area (Å²) in [6.07, 6.45) is 12.7. The summed E-state index contributed by atoms with van der Waals surface area (Å²) in [6.45, 7) is 6.12. The number of imidazole rings is 1. The fourth-order valence-electron chi connectivity index (χ4n) is 3.04. The van der Waals surface area contributed by atoms with E-state index < -0.39 is 0 Å². The number of hydrogen-bond acceptors (Lipinski definition) is 3. The number of nitrogens with zero attached hydrogens (tertiary/aromatic N) is 3. The van der Waals surface area contributed by atoms with E-state index in [1.165, 1.54) is 58.3 Å². The molecule has 1 atom stereocenters. The van der Waals surface area contributed by atoms with Crippen LogP contribution in [0.1, 0.15) is 32.1 Å². The van der Waals surface area contributed by atoms with Gasteiger partial charge in [-0.2, -0.15) is 0 Å². The monoisotopic (exact) mass is 262 g/mol. The van der Waals surface area contributed by atoms with Crippen molar-refractivity contribution in [2.24, 2.45) is 5.92 Å². The lowest BCUT2D eigenvalue weighted by Gasteiger charge is -2.25. The van der Waals surface area contributed by atoms with Crippen molar-refractivity contribution >= 4 is 0 Å². The molecular formula is C15H26N4. The highest BCUT2D eigenvalue weighted by Crippen LogP contribution is 2.30. The summed E-state index contributed by atoms with van der Waals surface area (Å²) in [4.78, 5) is 6.79. The number of hydrogen-bond donors (Lipinski definition) is 1. The molecule has 0 bridgehead atoms. The van der Waals surface area contributed by atoms with Crippen molar-refractivity contribution in [2.75, 3.05) is 26.2 Å². The fraction of sp³-hybridized carbons (Fsp3) is 0.800. The van der Waals surface area contributed by atoms with E-state index in [4.69, 9.17) is 0 Å². The normalized spacial score (nSPS) is 23.3. The lowest BCUT2D eigenvalue weighted by Crippen LogP contribution is -2.39. The maximum Gasteiger partial charge on any atom is 0.0945 e. The van der Waals surface area contributed by atoms with Gasteiger partial charge in [0.05, 0.1) is 6.33 Å². The summed E-state index contributed by atoms with van der Waals surface area (Å²) >= 11 is 0. The topological polar surface area (TPSA) is 33.1 Å². The lowest BCUT2D eigenvalue weighted by atomic mass is 10.2. The summed E-state index contributed by atoms with van der Waals surface area (Å²) in [5.41, 5.74) is 0. The zero-order valence-corrected chi connectivity index (χ0v) is 11.8. The van der Waals surface area contributed by atoms with E-state index in [0.29, 0.717) is 0 Å². The van der Waals surface area contributed by atoms with Crippen molar-refractivity contribution in [3.05, 3.63) is 18.7 Å². The van der Waals surface area contributed by atoms with Gasteiger partial charge in [0.25, 0.3) is 0 Å². The summed E-state index contributed by atoms with van der Waals surface area (Å²) in [5.74, 6) is 0.995. The van der Waals surface area contributed by atoms with E-state index in [9.17, 15) is 0 Å². The number of nitrogens with one attached hydrogen (secondary N) is 1. The lowest BCUT2D eigenvalue weighted by molar-refractivity contribution is 0.233. The molecule has 0 radical (unpaired) electrons. The van der Waals surface area contributed by atoms with E-state index in [-0.39, 0.29) is 0 Å². The molecule has 19 heavy (non-hydrogen) atoms. The molecule has 2 fully saturated rings. The van der Waals surface area contributed by atoms with Crippen LogP contribution >= 0.6 is 0 Å². The first-order chi connectivity index (χ1) is 9.40. The molecule has 4 nitrogen and oxygen atoms in total. The number of aryl methyl sites for hydroxylation is 1. The third kappa shape index (κ3) is 4.32. The van der Waals surface area contributed by atoms with Crippen molar-refractivity contribution in [2.45, 2.75) is 44.7 Å². The third-order valence-electron chi connectivity index (χ3n) is 4.30. The zero-order chi connectivity index (χ0) is 12.9. The Bertz CT molecular complexity index is 352. The quantitative estimate of drug-likeness (QED) is 0.774. The van der Waals surface area contributed by atoms with Gasteiger partial charge >= 0.3 is 0 Å². The highest BCUT2D eigenvalue weighted by molar-refractivity contribution is 4.82. The van der Waals surface area contributed by atoms with Gasteiger partial charge in [-0.05, 0) is 51.1 Å². The molecule has 1 aromatic rings. The first kappa shape index (κ1) is 13.1. The molecule has 1 aromatic heterocycles. The van der Waals surface area contributed by atoms with Crippen LogP contribution in [-0.2, 0) is 6.54 Å². The van der Waals surface area contributed by atoms with Gasteiger partial charge in [-0.15, -0.1) is 0 Å². The number of aromatic nitrogens is 2. The van der Waals surface area contributed by atoms with Crippen molar-refractivity contribution < 1.29 is 0 Å². The second-order valence-electron chi connectivity index (χ2n) is 6.15. The summed E-state index contributed by atoms with van der Waals surface area (Å²) in [6, 6.07) is 0.743. The Balaban J connectivity index is 1.41. The Morgan fingerprint density at radius 1 is 1.26 bits per heavy atom. The molecule has 0 aromatic carbocycles. The fourth-order valence-corrected chi connectivity index (χ4v) is 3.04. The van der Waals surface area contributed by atoms with Crippen LogP contribution in [0, 0.1) is 5.92 Å². The van der Waals surface area contributed by atoms with Crippen LogP contribution in [0.5, 0.6) is 0 Å². The van der Waals surface area contributed by atoms with E-state index >= 15 is 0 Å². The molecule has 2 aliphatic rings. The van der Waals surface area contributed by atoms with Crippen LogP contribution in [0.4, 0.5) is 0 Å². The van der Waals surface area contributed by atoms with E-state index in [2.05, 4.69) is 26.0 Å². The largest absolute Gasteiger partial charge is 0.337 e. The predicted octanol–water partition coefficient (Wildman–Crippen LogP) is 1.74. The van der Waals surface area contributed by atoms with Crippen molar-refractivity contribution in [1.82, 2.24) is 19.8 Å². The highest BCUT2D eigenvalue weighted by Gasteiger charge is 2.26. The summed E-state index contributed by atoms with van der Waals surface area (Å²) < 4.78 is 2.18. The van der Waals surface area contributed by atoms with Crippen LogP contribution < -0.4 is 5.32 Å². The van der Waals surface area contributed by atoms with Crippen LogP contribution in [0.2, 0.25) is 0 Å². The molecule has 0 spiro atoms. The van der Waals surface area contributed by atoms with Gasteiger partial charge in [-0.25, -0.2) is 4.98 Å². The Hall–Kier alpha value is -0.870. The van der Waals surface area contributed by atoms with Crippen LogP contribution in [0.25, 0.3) is 0 Å². The first-order valence-corrected chi connectivity index (χ1v) is 7.81.